The molecule has 704 valence electrons. The van der Waals surface area contributed by atoms with E-state index < -0.39 is 129 Å². The van der Waals surface area contributed by atoms with Crippen LogP contribution in [0.3, 0.4) is 0 Å². The van der Waals surface area contributed by atoms with E-state index in [-0.39, 0.29) is 195 Å². The highest BCUT2D eigenvalue weighted by atomic mass is 19.2. The number of hydrogen-bond donors (Lipinski definition) is 5. The number of amides is 5. The number of hydrogen-bond acceptors (Lipinski definition) is 16. The predicted octanol–water partition coefficient (Wildman–Crippen LogP) is 15.7. The van der Waals surface area contributed by atoms with Gasteiger partial charge in [-0.05, 0) is 67.1 Å². The van der Waals surface area contributed by atoms with E-state index in [0.29, 0.717) is 5.75 Å². The molecule has 0 radical (unpaired) electrons. The number of halogens is 10. The monoisotopic (exact) mass is 1850 g/mol. The number of methoxy groups -OCH3 is 5. The van der Waals surface area contributed by atoms with Crippen molar-refractivity contribution in [1.29, 1.82) is 0 Å². The maximum atomic E-state index is 14.5. The van der Waals surface area contributed by atoms with Crippen LogP contribution < -0.4 is 50.3 Å². The lowest BCUT2D eigenvalue weighted by molar-refractivity contribution is -0.127. The van der Waals surface area contributed by atoms with Crippen LogP contribution >= 0.6 is 0 Å². The number of ether oxygens (including phenoxy) is 5. The molecule has 5 N–H and O–H groups in total. The smallest absolute Gasteiger partial charge is 0.224 e. The highest BCUT2D eigenvalue weighted by molar-refractivity contribution is 5.94. The van der Waals surface area contributed by atoms with E-state index in [1.54, 1.807) is 0 Å². The maximum Gasteiger partial charge on any atom is 0.224 e. The number of Topliss-reactive ketones (excluding diaryl/α,β-unsaturated/α-hetero) is 5. The van der Waals surface area contributed by atoms with Gasteiger partial charge in [-0.1, -0.05) is 150 Å². The number of carbonyl (C=O) groups is 10. The minimum atomic E-state index is -1.44. The van der Waals surface area contributed by atoms with Crippen molar-refractivity contribution in [3.8, 4) is 28.7 Å². The quantitative estimate of drug-likeness (QED) is 0.0206. The van der Waals surface area contributed by atoms with Crippen molar-refractivity contribution in [2.75, 3.05) is 68.3 Å². The second-order valence-corrected chi connectivity index (χ2v) is 33.7. The average molecular weight is 1850 g/mol. The van der Waals surface area contributed by atoms with E-state index >= 15 is 0 Å². The van der Waals surface area contributed by atoms with Gasteiger partial charge in [0, 0.05) is 186 Å². The third-order valence-electron chi connectivity index (χ3n) is 24.3. The number of aromatic nitrogens is 1. The highest BCUT2D eigenvalue weighted by Gasteiger charge is 2.45. The van der Waals surface area contributed by atoms with Crippen LogP contribution in [0, 0.1) is 115 Å². The molecule has 9 aromatic carbocycles. The zero-order valence-corrected chi connectivity index (χ0v) is 75.1. The Hall–Kier alpha value is -13.9. The molecular formula is C103H102F10N6O15. The van der Waals surface area contributed by atoms with E-state index in [1.807, 2.05) is 155 Å². The van der Waals surface area contributed by atoms with Crippen LogP contribution in [0.25, 0.3) is 0 Å². The van der Waals surface area contributed by atoms with Crippen LogP contribution in [-0.4, -0.2) is 132 Å². The Morgan fingerprint density at radius 1 is 0.299 bits per heavy atom. The third-order valence-corrected chi connectivity index (χ3v) is 24.3. The normalized spacial score (nSPS) is 19.1. The molecule has 31 heteroatoms. The molecule has 134 heavy (non-hydrogen) atoms. The van der Waals surface area contributed by atoms with Crippen molar-refractivity contribution in [2.24, 2.45) is 29.6 Å². The van der Waals surface area contributed by atoms with Crippen molar-refractivity contribution in [3.05, 3.63) is 318 Å². The molecule has 0 bridgehead atoms. The fourth-order valence-corrected chi connectivity index (χ4v) is 17.1. The number of benzene rings is 9. The molecule has 0 saturated carbocycles. The summed E-state index contributed by atoms with van der Waals surface area (Å²) in [6, 6.07) is 48.0. The molecule has 5 fully saturated rings. The molecule has 0 aliphatic carbocycles. The largest absolute Gasteiger partial charge is 0.497 e. The van der Waals surface area contributed by atoms with Gasteiger partial charge in [-0.2, -0.15) is 4.39 Å². The van der Waals surface area contributed by atoms with Gasteiger partial charge in [-0.15, -0.1) is 0 Å². The van der Waals surface area contributed by atoms with Gasteiger partial charge in [0.25, 0.3) is 0 Å². The molecule has 10 atom stereocenters. The molecule has 10 aromatic rings. The average Bonchev–Trinajstić information content (AvgIpc) is 1.62. The van der Waals surface area contributed by atoms with E-state index in [4.69, 9.17) is 18.9 Å². The summed E-state index contributed by atoms with van der Waals surface area (Å²) in [5, 5.41) is 13.1. The van der Waals surface area contributed by atoms with Crippen molar-refractivity contribution < 1.29 is 116 Å². The number of aryl methyl sites for hydroxylation is 4. The van der Waals surface area contributed by atoms with E-state index in [2.05, 4.69) is 36.3 Å². The van der Waals surface area contributed by atoms with Crippen molar-refractivity contribution in [3.63, 3.8) is 0 Å². The minimum Gasteiger partial charge on any atom is -0.497 e. The number of pyridine rings is 1. The Bertz CT molecular complexity index is 5740. The Labute approximate surface area is 768 Å². The first-order valence-corrected chi connectivity index (χ1v) is 43.3. The van der Waals surface area contributed by atoms with Gasteiger partial charge in [0.2, 0.25) is 35.4 Å². The molecule has 5 aliphatic rings. The summed E-state index contributed by atoms with van der Waals surface area (Å²) in [6.07, 6.45) is 2.11. The van der Waals surface area contributed by atoms with Gasteiger partial charge in [-0.25, -0.2) is 39.5 Å². The molecular weight excluding hydrogens is 1750 g/mol. The summed E-state index contributed by atoms with van der Waals surface area (Å²) < 4.78 is 167. The fourth-order valence-electron chi connectivity index (χ4n) is 17.1. The molecule has 6 heterocycles. The SMILES string of the molecule is COc1c(F)cc([C@@H]2CNC(=O)[C@H]2CC(=O)Cc2ccc(C)cc2)c(F)c1F.COc1cc(F)c([C@@H]2CNC(=O)[C@H]2CC(=O)Cc2ccc(C)cc2)c(F)c1.COc1cc(F)c([C@@H]2CNC(=O)[C@H]2CC(=O)Cc2ccc(C)cc2)c(F)c1.COc1cc(F)c([C@@H]2CNC(=O)[C@H]2CC(=O)Cc2ccccc2)c(F)c1.COc1cnc([C@@H]2CNC(=O)[C@H]2CC(=O)Cc2ccc(C)cc2)c(F)c1. The second kappa shape index (κ2) is 46.5. The number of nitrogens with zero attached hydrogens (tertiary/aromatic N) is 1. The lowest BCUT2D eigenvalue weighted by Crippen LogP contribution is -2.23. The minimum absolute atomic E-state index is 0.00341. The van der Waals surface area contributed by atoms with Gasteiger partial charge < -0.3 is 50.3 Å². The van der Waals surface area contributed by atoms with Gasteiger partial charge in [0.1, 0.15) is 92.6 Å². The molecule has 0 spiro atoms. The van der Waals surface area contributed by atoms with Crippen LogP contribution in [-0.2, 0) is 80.0 Å². The molecule has 15 rings (SSSR count). The molecule has 0 unspecified atom stereocenters. The van der Waals surface area contributed by atoms with E-state index in [1.165, 1.54) is 40.7 Å². The first-order chi connectivity index (χ1) is 64.0. The lowest BCUT2D eigenvalue weighted by atomic mass is 9.84. The van der Waals surface area contributed by atoms with E-state index in [0.717, 1.165) is 99.6 Å². The standard InChI is InChI=1S/C21H20F3NO3.2C21H21F2NO3.C20H19F2NO3.C20H21FN2O3/c1-11-3-5-12(6-4-11)7-13(26)8-15-16(10-25-21(15)27)14-9-17(22)20(28-2)19(24)18(14)23;2*1-12-3-5-13(6-4-12)7-14(25)8-16-17(11-24-21(16)26)20-18(22)9-15(27-2)10-19(20)23;1-26-14-9-17(21)19(18(22)10-14)16-11-23-20(25)15(16)8-13(24)7-12-5-3-2-4-6-12;1-12-3-5-13(6-4-12)7-14(24)8-16-17(11-23-20(16)25)19-18(21)9-15(26-2)10-22-19/h3-6,9,15-16H,7-8,10H2,1-2H3,(H,25,27);2*3-6,9-10,16-17H,7-8,11H2,1-2H3,(H,24,26);2-6,9-10,15-16H,7-8,11H2,1H3,(H,23,25);3-6,9-10,16-17H,7-8,11H2,1-2H3,(H,23,25)/t15-,16-;2*16-,17+;15-,16+;16-,17+/m00000/s1. The van der Waals surface area contributed by atoms with Crippen LogP contribution in [0.15, 0.2) is 182 Å². The van der Waals surface area contributed by atoms with E-state index in [9.17, 15) is 91.8 Å². The fraction of sp³-hybridized carbons (Fsp3) is 0.330. The summed E-state index contributed by atoms with van der Waals surface area (Å²) in [4.78, 5) is 127. The Morgan fingerprint density at radius 2 is 0.552 bits per heavy atom. The van der Waals surface area contributed by atoms with Crippen LogP contribution in [0.4, 0.5) is 43.9 Å². The third kappa shape index (κ3) is 25.9. The topological polar surface area (TPSA) is 290 Å². The molecule has 21 nitrogen and oxygen atoms in total. The van der Waals surface area contributed by atoms with Gasteiger partial charge in [0.05, 0.1) is 77.0 Å². The van der Waals surface area contributed by atoms with Crippen LogP contribution in [0.5, 0.6) is 28.7 Å². The highest BCUT2D eigenvalue weighted by Crippen LogP contribution is 2.43. The number of nitrogens with one attached hydrogen (secondary N) is 5. The zero-order chi connectivity index (χ0) is 96.9. The Kier molecular flexibility index (Phi) is 34.9. The summed E-state index contributed by atoms with van der Waals surface area (Å²) in [5.74, 6) is -19.0. The first-order valence-electron chi connectivity index (χ1n) is 43.3. The van der Waals surface area contributed by atoms with Crippen molar-refractivity contribution in [2.45, 2.75) is 121 Å². The number of carbonyl (C=O) groups excluding carboxylic acids is 10. The number of ketones is 5. The molecule has 5 saturated heterocycles. The maximum absolute atomic E-state index is 14.5. The van der Waals surface area contributed by atoms with Gasteiger partial charge >= 0.3 is 0 Å². The van der Waals surface area contributed by atoms with Gasteiger partial charge in [0.15, 0.2) is 17.4 Å². The Morgan fingerprint density at radius 3 is 0.828 bits per heavy atom. The zero-order valence-electron chi connectivity index (χ0n) is 75.1. The summed E-state index contributed by atoms with van der Waals surface area (Å²) >= 11 is 0. The van der Waals surface area contributed by atoms with Gasteiger partial charge in [-0.3, -0.25) is 52.9 Å². The first kappa shape index (κ1) is 101. The lowest BCUT2D eigenvalue weighted by Gasteiger charge is -2.18. The molecule has 1 aromatic heterocycles. The molecule has 5 aliphatic heterocycles. The van der Waals surface area contributed by atoms with Crippen molar-refractivity contribution in [1.82, 2.24) is 31.6 Å². The molecule has 5 amide bonds. The summed E-state index contributed by atoms with van der Waals surface area (Å²) in [6.45, 7) is 8.40. The second-order valence-electron chi connectivity index (χ2n) is 33.7. The number of rotatable bonds is 30. The summed E-state index contributed by atoms with van der Waals surface area (Å²) in [7, 11) is 6.43. The summed E-state index contributed by atoms with van der Waals surface area (Å²) in [5.41, 5.74) is 7.99. The Balaban J connectivity index is 0.000000161. The van der Waals surface area contributed by atoms with Crippen LogP contribution in [0.1, 0.15) is 140 Å². The predicted molar refractivity (Wildman–Crippen MR) is 476 cm³/mol. The van der Waals surface area contributed by atoms with Crippen molar-refractivity contribution >= 4 is 58.5 Å². The van der Waals surface area contributed by atoms with Crippen LogP contribution in [0.2, 0.25) is 0 Å².